The molecule has 1 aromatic rings. The molecule has 6 heteroatoms. The lowest BCUT2D eigenvalue weighted by atomic mass is 9.86. The molecule has 2 fully saturated rings. The third kappa shape index (κ3) is 5.38. The molecule has 2 aliphatic rings. The fourth-order valence-corrected chi connectivity index (χ4v) is 4.94. The van der Waals surface area contributed by atoms with E-state index in [1.165, 1.54) is 37.3 Å². The van der Waals surface area contributed by atoms with E-state index in [1.54, 1.807) is 20.8 Å². The molecule has 0 radical (unpaired) electrons. The van der Waals surface area contributed by atoms with E-state index in [0.29, 0.717) is 5.92 Å². The fourth-order valence-electron chi connectivity index (χ4n) is 3.91. The second kappa shape index (κ2) is 8.39. The number of benzene rings is 1. The van der Waals surface area contributed by atoms with Crippen molar-refractivity contribution in [3.8, 4) is 0 Å². The summed E-state index contributed by atoms with van der Waals surface area (Å²) < 4.78 is 26.8. The van der Waals surface area contributed by atoms with E-state index in [1.807, 2.05) is 0 Å². The van der Waals surface area contributed by atoms with Gasteiger partial charge in [0.1, 0.15) is 0 Å². The Hall–Kier alpha value is -1.27. The Kier molecular flexibility index (Phi) is 6.36. The first-order valence-electron chi connectivity index (χ1n) is 10.4. The van der Waals surface area contributed by atoms with Gasteiger partial charge >= 0.3 is 0 Å². The highest BCUT2D eigenvalue weighted by Gasteiger charge is 2.32. The van der Waals surface area contributed by atoms with Crippen LogP contribution in [0.4, 0.5) is 11.4 Å². The van der Waals surface area contributed by atoms with Gasteiger partial charge in [-0.2, -0.15) is 0 Å². The summed E-state index contributed by atoms with van der Waals surface area (Å²) in [4.78, 5) is 2.45. The van der Waals surface area contributed by atoms with Gasteiger partial charge in [-0.1, -0.05) is 0 Å². The van der Waals surface area contributed by atoms with Crippen molar-refractivity contribution in [1.82, 2.24) is 4.72 Å². The van der Waals surface area contributed by atoms with Crippen LogP contribution in [0, 0.1) is 5.92 Å². The maximum absolute atomic E-state index is 12.3. The molecule has 27 heavy (non-hydrogen) atoms. The molecule has 1 heterocycles. The van der Waals surface area contributed by atoms with Crippen LogP contribution in [-0.4, -0.2) is 38.8 Å². The second-order valence-electron chi connectivity index (χ2n) is 9.07. The van der Waals surface area contributed by atoms with E-state index >= 15 is 0 Å². The predicted molar refractivity (Wildman–Crippen MR) is 114 cm³/mol. The van der Waals surface area contributed by atoms with E-state index in [4.69, 9.17) is 0 Å². The van der Waals surface area contributed by atoms with Crippen LogP contribution in [0.25, 0.3) is 0 Å². The molecule has 152 valence electrons. The molecule has 0 spiro atoms. The topological polar surface area (TPSA) is 61.4 Å². The zero-order chi connectivity index (χ0) is 19.5. The Morgan fingerprint density at radius 1 is 1.00 bits per heavy atom. The van der Waals surface area contributed by atoms with Gasteiger partial charge in [0.05, 0.1) is 4.75 Å². The summed E-state index contributed by atoms with van der Waals surface area (Å²) in [6.45, 7) is 8.56. The monoisotopic (exact) mass is 393 g/mol. The largest absolute Gasteiger partial charge is 0.385 e. The van der Waals surface area contributed by atoms with Crippen LogP contribution in [0.5, 0.6) is 0 Å². The Labute approximate surface area is 165 Å². The summed E-state index contributed by atoms with van der Waals surface area (Å²) in [6, 6.07) is 8.87. The minimum absolute atomic E-state index is 0.0882. The summed E-state index contributed by atoms with van der Waals surface area (Å²) in [5.74, 6) is 0.610. The molecule has 1 saturated carbocycles. The van der Waals surface area contributed by atoms with Crippen LogP contribution in [0.3, 0.4) is 0 Å². The molecule has 0 bridgehead atoms. The molecule has 1 aliphatic heterocycles. The number of nitrogens with one attached hydrogen (secondary N) is 2. The number of hydrogen-bond acceptors (Lipinski definition) is 4. The van der Waals surface area contributed by atoms with Gasteiger partial charge in [0.25, 0.3) is 0 Å². The second-order valence-corrected chi connectivity index (χ2v) is 11.5. The van der Waals surface area contributed by atoms with E-state index in [-0.39, 0.29) is 6.04 Å². The third-order valence-corrected chi connectivity index (χ3v) is 8.16. The van der Waals surface area contributed by atoms with Gasteiger partial charge in [0.15, 0.2) is 0 Å². The van der Waals surface area contributed by atoms with Crippen LogP contribution in [0.15, 0.2) is 24.3 Å². The maximum atomic E-state index is 12.3. The first-order chi connectivity index (χ1) is 12.7. The van der Waals surface area contributed by atoms with Gasteiger partial charge in [-0.05, 0) is 89.5 Å². The quantitative estimate of drug-likeness (QED) is 0.767. The van der Waals surface area contributed by atoms with E-state index in [2.05, 4.69) is 39.2 Å². The zero-order valence-electron chi connectivity index (χ0n) is 17.0. The van der Waals surface area contributed by atoms with E-state index < -0.39 is 14.8 Å². The van der Waals surface area contributed by atoms with E-state index in [9.17, 15) is 8.42 Å². The maximum Gasteiger partial charge on any atom is 0.216 e. The molecule has 0 aromatic heterocycles. The molecular weight excluding hydrogens is 358 g/mol. The highest BCUT2D eigenvalue weighted by atomic mass is 32.2. The smallest absolute Gasteiger partial charge is 0.216 e. The van der Waals surface area contributed by atoms with Crippen molar-refractivity contribution in [1.29, 1.82) is 0 Å². The third-order valence-electron chi connectivity index (χ3n) is 5.91. The average molecular weight is 394 g/mol. The van der Waals surface area contributed by atoms with Gasteiger partial charge < -0.3 is 10.2 Å². The van der Waals surface area contributed by atoms with Crippen LogP contribution in [-0.2, 0) is 10.0 Å². The Bertz CT molecular complexity index is 696. The molecule has 5 nitrogen and oxygen atoms in total. The molecule has 2 N–H and O–H groups in total. The first kappa shape index (κ1) is 20.5. The SMILES string of the molecule is CC(C)(C)S(=O)(=O)N[C@H]1CC[C@H](CNc2ccc(N3CCCC3)cc2)CC1. The molecule has 1 saturated heterocycles. The van der Waals surface area contributed by atoms with Crippen molar-refractivity contribution in [2.75, 3.05) is 29.9 Å². The zero-order valence-corrected chi connectivity index (χ0v) is 17.8. The van der Waals surface area contributed by atoms with Gasteiger partial charge in [0.2, 0.25) is 10.0 Å². The summed E-state index contributed by atoms with van der Waals surface area (Å²) >= 11 is 0. The minimum Gasteiger partial charge on any atom is -0.385 e. The molecule has 1 aliphatic carbocycles. The number of sulfonamides is 1. The van der Waals surface area contributed by atoms with Gasteiger partial charge in [-0.25, -0.2) is 13.1 Å². The van der Waals surface area contributed by atoms with Crippen LogP contribution < -0.4 is 14.9 Å². The number of hydrogen-bond donors (Lipinski definition) is 2. The van der Waals surface area contributed by atoms with Gasteiger partial charge in [0, 0.05) is 37.1 Å². The van der Waals surface area contributed by atoms with Crippen molar-refractivity contribution in [2.24, 2.45) is 5.92 Å². The Morgan fingerprint density at radius 2 is 1.59 bits per heavy atom. The Morgan fingerprint density at radius 3 is 2.15 bits per heavy atom. The van der Waals surface area contributed by atoms with Gasteiger partial charge in [-0.15, -0.1) is 0 Å². The Balaban J connectivity index is 1.42. The number of nitrogens with zero attached hydrogens (tertiary/aromatic N) is 1. The van der Waals surface area contributed by atoms with Crippen LogP contribution in [0.2, 0.25) is 0 Å². The minimum atomic E-state index is -3.25. The average Bonchev–Trinajstić information content (AvgIpc) is 3.15. The summed E-state index contributed by atoms with van der Waals surface area (Å²) in [5.41, 5.74) is 2.50. The van der Waals surface area contributed by atoms with Crippen molar-refractivity contribution in [3.05, 3.63) is 24.3 Å². The standard InChI is InChI=1S/C21H35N3O2S/c1-21(2,3)27(25,26)23-19-8-6-17(7-9-19)16-22-18-10-12-20(13-11-18)24-14-4-5-15-24/h10-13,17,19,22-23H,4-9,14-16H2,1-3H3/t17-,19-. The molecule has 3 rings (SSSR count). The lowest BCUT2D eigenvalue weighted by Gasteiger charge is -2.31. The highest BCUT2D eigenvalue weighted by molar-refractivity contribution is 7.90. The lowest BCUT2D eigenvalue weighted by molar-refractivity contribution is 0.322. The normalized spacial score (nSPS) is 24.2. The van der Waals surface area contributed by atoms with Crippen molar-refractivity contribution >= 4 is 21.4 Å². The lowest BCUT2D eigenvalue weighted by Crippen LogP contribution is -2.46. The predicted octanol–water partition coefficient (Wildman–Crippen LogP) is 3.98. The summed E-state index contributed by atoms with van der Waals surface area (Å²) in [6.07, 6.45) is 6.58. The molecule has 0 amide bonds. The van der Waals surface area contributed by atoms with Crippen molar-refractivity contribution in [2.45, 2.75) is 70.1 Å². The van der Waals surface area contributed by atoms with Gasteiger partial charge in [-0.3, -0.25) is 0 Å². The molecular formula is C21H35N3O2S. The number of rotatable bonds is 6. The highest BCUT2D eigenvalue weighted by Crippen LogP contribution is 2.27. The number of anilines is 2. The molecule has 1 aromatic carbocycles. The first-order valence-corrected chi connectivity index (χ1v) is 11.8. The van der Waals surface area contributed by atoms with Crippen LogP contribution >= 0.6 is 0 Å². The summed E-state index contributed by atoms with van der Waals surface area (Å²) in [7, 11) is -3.25. The van der Waals surface area contributed by atoms with Crippen LogP contribution in [0.1, 0.15) is 59.3 Å². The summed E-state index contributed by atoms with van der Waals surface area (Å²) in [5, 5.41) is 3.56. The fraction of sp³-hybridized carbons (Fsp3) is 0.714. The van der Waals surface area contributed by atoms with Crippen molar-refractivity contribution < 1.29 is 8.42 Å². The van der Waals surface area contributed by atoms with Crippen molar-refractivity contribution in [3.63, 3.8) is 0 Å². The molecule has 0 unspecified atom stereocenters. The van der Waals surface area contributed by atoms with E-state index in [0.717, 1.165) is 32.2 Å². The molecule has 0 atom stereocenters.